The largest absolute Gasteiger partial charge is 0.360 e. The predicted octanol–water partition coefficient (Wildman–Crippen LogP) is 3.31. The van der Waals surface area contributed by atoms with Gasteiger partial charge in [0.2, 0.25) is 5.95 Å². The second kappa shape index (κ2) is 6.85. The van der Waals surface area contributed by atoms with Crippen molar-refractivity contribution in [3.63, 3.8) is 0 Å². The lowest BCUT2D eigenvalue weighted by molar-refractivity contribution is 0.384. The fraction of sp³-hybridized carbons (Fsp3) is 0.188. The summed E-state index contributed by atoms with van der Waals surface area (Å²) < 4.78 is 28.6. The zero-order valence-corrected chi connectivity index (χ0v) is 15.5. The average molecular weight is 376 g/mol. The molecular weight excluding hydrogens is 360 g/mol. The summed E-state index contributed by atoms with van der Waals surface area (Å²) in [5.74, 6) is 1.03. The van der Waals surface area contributed by atoms with Gasteiger partial charge in [0.1, 0.15) is 10.8 Å². The summed E-state index contributed by atoms with van der Waals surface area (Å²) in [6.07, 6.45) is 4.71. The number of aromatic nitrogens is 3. The Labute approximate surface area is 149 Å². The summed E-state index contributed by atoms with van der Waals surface area (Å²) in [4.78, 5) is 8.91. The van der Waals surface area contributed by atoms with Gasteiger partial charge in [-0.1, -0.05) is 11.2 Å². The highest BCUT2D eigenvalue weighted by Gasteiger charge is 2.16. The monoisotopic (exact) mass is 376 g/mol. The van der Waals surface area contributed by atoms with Gasteiger partial charge in [-0.2, -0.15) is 0 Å². The average Bonchev–Trinajstić information content (AvgIpc) is 2.95. The van der Waals surface area contributed by atoms with E-state index in [4.69, 9.17) is 4.52 Å². The molecule has 1 aromatic carbocycles. The van der Waals surface area contributed by atoms with Gasteiger partial charge in [0, 0.05) is 18.1 Å². The minimum Gasteiger partial charge on any atom is -0.360 e. The van der Waals surface area contributed by atoms with Gasteiger partial charge in [-0.3, -0.25) is 0 Å². The molecule has 9 heteroatoms. The van der Waals surface area contributed by atoms with Crippen LogP contribution >= 0.6 is 11.8 Å². The van der Waals surface area contributed by atoms with Crippen LogP contribution in [0.5, 0.6) is 0 Å². The van der Waals surface area contributed by atoms with Gasteiger partial charge in [0.25, 0.3) is 0 Å². The second-order valence-corrected chi connectivity index (χ2v) is 8.12. The Balaban J connectivity index is 1.94. The Kier molecular flexibility index (Phi) is 4.78. The van der Waals surface area contributed by atoms with Crippen molar-refractivity contribution in [2.24, 2.45) is 0 Å². The molecule has 0 saturated heterocycles. The van der Waals surface area contributed by atoms with E-state index in [1.165, 1.54) is 18.0 Å². The fourth-order valence-electron chi connectivity index (χ4n) is 2.27. The highest BCUT2D eigenvalue weighted by atomic mass is 32.2. The smallest absolute Gasteiger partial charge is 0.227 e. The molecule has 0 aliphatic rings. The number of anilines is 2. The molecule has 0 aliphatic carbocycles. The van der Waals surface area contributed by atoms with Gasteiger partial charge in [0.15, 0.2) is 9.84 Å². The molecule has 0 fully saturated rings. The molecule has 7 nitrogen and oxygen atoms in total. The number of rotatable bonds is 5. The maximum absolute atomic E-state index is 11.7. The summed E-state index contributed by atoms with van der Waals surface area (Å²) in [7, 11) is -3.28. The Morgan fingerprint density at radius 2 is 2.04 bits per heavy atom. The highest BCUT2D eigenvalue weighted by molar-refractivity contribution is 7.98. The molecule has 2 heterocycles. The van der Waals surface area contributed by atoms with Crippen LogP contribution in [0.4, 0.5) is 11.6 Å². The van der Waals surface area contributed by atoms with E-state index < -0.39 is 9.84 Å². The number of nitrogens with one attached hydrogen (secondary N) is 1. The molecule has 0 atom stereocenters. The molecule has 3 rings (SSSR count). The molecule has 0 bridgehead atoms. The molecule has 0 saturated carbocycles. The molecule has 1 N–H and O–H groups in total. The number of thioether (sulfide) groups is 1. The molecule has 130 valence electrons. The molecule has 0 radical (unpaired) electrons. The lowest BCUT2D eigenvalue weighted by atomic mass is 10.2. The molecule has 0 aliphatic heterocycles. The number of sulfone groups is 1. The second-order valence-electron chi connectivity index (χ2n) is 5.31. The van der Waals surface area contributed by atoms with Crippen molar-refractivity contribution in [1.29, 1.82) is 0 Å². The summed E-state index contributed by atoms with van der Waals surface area (Å²) in [6.45, 7) is 1.83. The number of nitrogens with zero attached hydrogens (tertiary/aromatic N) is 3. The van der Waals surface area contributed by atoms with E-state index in [0.29, 0.717) is 23.1 Å². The van der Waals surface area contributed by atoms with Crippen molar-refractivity contribution in [1.82, 2.24) is 15.1 Å². The van der Waals surface area contributed by atoms with Crippen LogP contribution in [0.2, 0.25) is 0 Å². The van der Waals surface area contributed by atoms with Gasteiger partial charge in [-0.15, -0.1) is 11.8 Å². The van der Waals surface area contributed by atoms with Crippen LogP contribution in [0.3, 0.4) is 0 Å². The summed E-state index contributed by atoms with van der Waals surface area (Å²) >= 11 is 1.47. The van der Waals surface area contributed by atoms with Crippen LogP contribution in [0, 0.1) is 6.92 Å². The Morgan fingerprint density at radius 3 is 2.76 bits per heavy atom. The van der Waals surface area contributed by atoms with Crippen LogP contribution in [0.15, 0.2) is 51.0 Å². The van der Waals surface area contributed by atoms with Crippen molar-refractivity contribution < 1.29 is 12.9 Å². The third kappa shape index (κ3) is 3.83. The third-order valence-corrected chi connectivity index (χ3v) is 5.23. The summed E-state index contributed by atoms with van der Waals surface area (Å²) in [5, 5.41) is 7.79. The SMILES string of the molecule is CSc1noc(C)c1-c1ccnc(Nc2cccc(S(C)(=O)=O)c2)n1. The lowest BCUT2D eigenvalue weighted by Crippen LogP contribution is -2.01. The Hall–Kier alpha value is -2.39. The Bertz CT molecular complexity index is 1020. The molecule has 0 spiro atoms. The summed E-state index contributed by atoms with van der Waals surface area (Å²) in [6, 6.07) is 8.28. The first-order chi connectivity index (χ1) is 11.9. The van der Waals surface area contributed by atoms with Crippen molar-refractivity contribution in [2.45, 2.75) is 16.8 Å². The molecular formula is C16H16N4O3S2. The molecule has 0 unspecified atom stereocenters. The minimum absolute atomic E-state index is 0.230. The first-order valence-electron chi connectivity index (χ1n) is 7.29. The van der Waals surface area contributed by atoms with Crippen LogP contribution in [-0.2, 0) is 9.84 Å². The van der Waals surface area contributed by atoms with Gasteiger partial charge in [0.05, 0.1) is 16.2 Å². The van der Waals surface area contributed by atoms with Gasteiger partial charge in [-0.05, 0) is 37.4 Å². The maximum atomic E-state index is 11.7. The minimum atomic E-state index is -3.28. The van der Waals surface area contributed by atoms with E-state index in [9.17, 15) is 8.42 Å². The summed E-state index contributed by atoms with van der Waals surface area (Å²) in [5.41, 5.74) is 2.09. The first kappa shape index (κ1) is 17.4. The zero-order chi connectivity index (χ0) is 18.0. The number of hydrogen-bond donors (Lipinski definition) is 1. The fourth-order valence-corrected chi connectivity index (χ4v) is 3.50. The van der Waals surface area contributed by atoms with Gasteiger partial charge >= 0.3 is 0 Å². The topological polar surface area (TPSA) is 98.0 Å². The predicted molar refractivity (Wildman–Crippen MR) is 96.9 cm³/mol. The zero-order valence-electron chi connectivity index (χ0n) is 13.8. The highest BCUT2D eigenvalue weighted by Crippen LogP contribution is 2.31. The number of benzene rings is 1. The van der Waals surface area contributed by atoms with Crippen LogP contribution in [-0.4, -0.2) is 36.1 Å². The van der Waals surface area contributed by atoms with E-state index in [2.05, 4.69) is 20.4 Å². The maximum Gasteiger partial charge on any atom is 0.227 e. The Morgan fingerprint density at radius 1 is 1.24 bits per heavy atom. The van der Waals surface area contributed by atoms with Crippen LogP contribution < -0.4 is 5.32 Å². The molecule has 3 aromatic rings. The number of aryl methyl sites for hydroxylation is 1. The molecule has 25 heavy (non-hydrogen) atoms. The van der Waals surface area contributed by atoms with E-state index in [0.717, 1.165) is 10.6 Å². The number of hydrogen-bond acceptors (Lipinski definition) is 8. The first-order valence-corrected chi connectivity index (χ1v) is 10.4. The van der Waals surface area contributed by atoms with Gasteiger partial charge < -0.3 is 9.84 Å². The lowest BCUT2D eigenvalue weighted by Gasteiger charge is -2.08. The van der Waals surface area contributed by atoms with Gasteiger partial charge in [-0.25, -0.2) is 18.4 Å². The normalized spacial score (nSPS) is 11.5. The third-order valence-electron chi connectivity index (χ3n) is 3.45. The molecule has 2 aromatic heterocycles. The van der Waals surface area contributed by atoms with E-state index in [-0.39, 0.29) is 4.90 Å². The van der Waals surface area contributed by atoms with E-state index >= 15 is 0 Å². The van der Waals surface area contributed by atoms with Crippen molar-refractivity contribution in [2.75, 3.05) is 17.8 Å². The van der Waals surface area contributed by atoms with Crippen LogP contribution in [0.25, 0.3) is 11.3 Å². The van der Waals surface area contributed by atoms with Crippen molar-refractivity contribution in [3.05, 3.63) is 42.3 Å². The van der Waals surface area contributed by atoms with Crippen molar-refractivity contribution >= 4 is 33.2 Å². The standard InChI is InChI=1S/C16H16N4O3S2/c1-10-14(15(24-2)20-23-10)13-7-8-17-16(19-13)18-11-5-4-6-12(9-11)25(3,21)22/h4-9H,1-3H3,(H,17,18,19). The quantitative estimate of drug-likeness (QED) is 0.677. The van der Waals surface area contributed by atoms with Crippen LogP contribution in [0.1, 0.15) is 5.76 Å². The molecule has 0 amide bonds. The van der Waals surface area contributed by atoms with E-state index in [1.807, 2.05) is 13.2 Å². The van der Waals surface area contributed by atoms with Crippen molar-refractivity contribution in [3.8, 4) is 11.3 Å². The van der Waals surface area contributed by atoms with E-state index in [1.54, 1.807) is 36.5 Å².